The lowest BCUT2D eigenvalue weighted by Crippen LogP contribution is -2.51. The maximum absolute atomic E-state index is 12.0. The number of nitrogens with zero attached hydrogens (tertiary/aromatic N) is 1. The van der Waals surface area contributed by atoms with Crippen LogP contribution in [0.3, 0.4) is 0 Å². The Hall–Kier alpha value is -2.57. The fourth-order valence-corrected chi connectivity index (χ4v) is 1.65. The van der Waals surface area contributed by atoms with E-state index in [0.29, 0.717) is 4.90 Å². The monoisotopic (exact) mass is 387 g/mol. The van der Waals surface area contributed by atoms with Crippen LogP contribution in [0.2, 0.25) is 0 Å². The van der Waals surface area contributed by atoms with E-state index in [9.17, 15) is 29.7 Å². The molecule has 0 fully saturated rings. The highest BCUT2D eigenvalue weighted by Crippen LogP contribution is 2.04. The first-order valence-corrected chi connectivity index (χ1v) is 7.76. The van der Waals surface area contributed by atoms with Gasteiger partial charge in [0.25, 0.3) is 11.8 Å². The fraction of sp³-hybridized carbons (Fsp3) is 0.438. The number of rotatable bonds is 12. The largest absolute Gasteiger partial charge is 0.499 e. The Morgan fingerprint density at radius 2 is 1.74 bits per heavy atom. The summed E-state index contributed by atoms with van der Waals surface area (Å²) in [6, 6.07) is -1.14. The molecule has 0 aliphatic carbocycles. The molecule has 11 heteroatoms. The Labute approximate surface area is 156 Å². The second kappa shape index (κ2) is 12.7. The van der Waals surface area contributed by atoms with Gasteiger partial charge in [-0.15, -0.1) is 0 Å². The molecule has 4 atom stereocenters. The zero-order chi connectivity index (χ0) is 21.0. The lowest BCUT2D eigenvalue weighted by molar-refractivity contribution is -0.139. The van der Waals surface area contributed by atoms with Crippen LogP contribution in [0.15, 0.2) is 37.6 Å². The zero-order valence-corrected chi connectivity index (χ0v) is 14.6. The van der Waals surface area contributed by atoms with Crippen molar-refractivity contribution in [1.82, 2.24) is 10.2 Å². The fourth-order valence-electron chi connectivity index (χ4n) is 1.65. The Bertz CT molecular complexity index is 566. The Morgan fingerprint density at radius 1 is 1.11 bits per heavy atom. The molecule has 0 aromatic rings. The molecule has 0 heterocycles. The van der Waals surface area contributed by atoms with Crippen molar-refractivity contribution in [2.24, 2.45) is 5.73 Å². The summed E-state index contributed by atoms with van der Waals surface area (Å²) in [4.78, 5) is 35.5. The van der Waals surface area contributed by atoms with Crippen LogP contribution in [0.4, 0.5) is 0 Å². The molecule has 152 valence electrons. The van der Waals surface area contributed by atoms with Crippen LogP contribution in [0.1, 0.15) is 0 Å². The van der Waals surface area contributed by atoms with Crippen molar-refractivity contribution in [1.29, 1.82) is 0 Å². The molecule has 7 N–H and O–H groups in total. The molecule has 3 amide bonds. The van der Waals surface area contributed by atoms with Gasteiger partial charge in [0.2, 0.25) is 5.91 Å². The first-order valence-electron chi connectivity index (χ1n) is 7.76. The molecule has 0 aromatic heterocycles. The first kappa shape index (κ1) is 24.4. The smallest absolute Gasteiger partial charge is 0.257 e. The third-order valence-corrected chi connectivity index (χ3v) is 3.27. The number of aliphatic hydroxyl groups excluding tert-OH is 4. The van der Waals surface area contributed by atoms with E-state index in [1.54, 1.807) is 0 Å². The summed E-state index contributed by atoms with van der Waals surface area (Å²) < 4.78 is 4.95. The Balaban J connectivity index is 4.65. The van der Waals surface area contributed by atoms with Crippen LogP contribution in [0.25, 0.3) is 0 Å². The highest BCUT2D eigenvalue weighted by molar-refractivity contribution is 6.05. The predicted molar refractivity (Wildman–Crippen MR) is 93.4 cm³/mol. The number of nitrogens with two attached hydrogens (primary N) is 1. The van der Waals surface area contributed by atoms with Gasteiger partial charge in [-0.3, -0.25) is 19.3 Å². The number of hydrogen-bond acceptors (Lipinski definition) is 9. The van der Waals surface area contributed by atoms with Gasteiger partial charge in [-0.05, 0) is 12.2 Å². The quantitative estimate of drug-likeness (QED) is 0.114. The van der Waals surface area contributed by atoms with Crippen molar-refractivity contribution in [3.05, 3.63) is 37.6 Å². The Morgan fingerprint density at radius 3 is 2.26 bits per heavy atom. The summed E-state index contributed by atoms with van der Waals surface area (Å²) in [5, 5.41) is 39.4. The van der Waals surface area contributed by atoms with Crippen molar-refractivity contribution in [3.63, 3.8) is 0 Å². The van der Waals surface area contributed by atoms with Crippen molar-refractivity contribution in [3.8, 4) is 0 Å². The van der Waals surface area contributed by atoms with Crippen molar-refractivity contribution in [2.75, 3.05) is 19.9 Å². The highest BCUT2D eigenvalue weighted by atomic mass is 16.5. The average Bonchev–Trinajstić information content (AvgIpc) is 2.68. The van der Waals surface area contributed by atoms with Gasteiger partial charge in [-0.2, -0.15) is 0 Å². The molecule has 0 aliphatic heterocycles. The maximum atomic E-state index is 12.0. The Kier molecular flexibility index (Phi) is 11.5. The van der Waals surface area contributed by atoms with Crippen LogP contribution in [-0.2, 0) is 19.1 Å². The third kappa shape index (κ3) is 8.57. The average molecular weight is 387 g/mol. The predicted octanol–water partition coefficient (Wildman–Crippen LogP) is -3.28. The third-order valence-electron chi connectivity index (χ3n) is 3.27. The molecule has 0 aliphatic rings. The minimum Gasteiger partial charge on any atom is -0.499 e. The number of carbonyl (C=O) groups excluding carboxylic acids is 3. The van der Waals surface area contributed by atoms with Gasteiger partial charge in [0.1, 0.15) is 31.6 Å². The number of ether oxygens (including phenoxy) is 1. The lowest BCUT2D eigenvalue weighted by Gasteiger charge is -2.25. The minimum absolute atomic E-state index is 0.344. The van der Waals surface area contributed by atoms with E-state index in [-0.39, 0.29) is 6.61 Å². The van der Waals surface area contributed by atoms with Crippen LogP contribution in [0.5, 0.6) is 0 Å². The maximum Gasteiger partial charge on any atom is 0.257 e. The van der Waals surface area contributed by atoms with Gasteiger partial charge >= 0.3 is 0 Å². The van der Waals surface area contributed by atoms with Crippen molar-refractivity contribution < 1.29 is 39.5 Å². The van der Waals surface area contributed by atoms with Crippen molar-refractivity contribution in [2.45, 2.75) is 24.4 Å². The van der Waals surface area contributed by atoms with Gasteiger partial charge in [0.15, 0.2) is 0 Å². The molecule has 0 rings (SSSR count). The summed E-state index contributed by atoms with van der Waals surface area (Å²) in [6.45, 7) is 4.96. The molecular formula is C16H25N3O8. The molecule has 11 nitrogen and oxygen atoms in total. The molecule has 0 aromatic carbocycles. The van der Waals surface area contributed by atoms with Gasteiger partial charge in [-0.25, -0.2) is 0 Å². The molecule has 0 unspecified atom stereocenters. The molecule has 0 spiro atoms. The first-order chi connectivity index (χ1) is 12.7. The molecule has 0 radical (unpaired) electrons. The van der Waals surface area contributed by atoms with E-state index < -0.39 is 55.4 Å². The molecular weight excluding hydrogens is 362 g/mol. The second-order valence-corrected chi connectivity index (χ2v) is 5.24. The normalized spacial score (nSPS) is 15.3. The number of hydrogen-bond donors (Lipinski definition) is 6. The summed E-state index contributed by atoms with van der Waals surface area (Å²) >= 11 is 0. The molecule has 0 saturated carbocycles. The van der Waals surface area contributed by atoms with Crippen molar-refractivity contribution >= 4 is 17.7 Å². The zero-order valence-electron chi connectivity index (χ0n) is 14.6. The van der Waals surface area contributed by atoms with Crippen LogP contribution < -0.4 is 11.1 Å². The second-order valence-electron chi connectivity index (χ2n) is 5.24. The lowest BCUT2D eigenvalue weighted by atomic mass is 10.0. The highest BCUT2D eigenvalue weighted by Gasteiger charge is 2.29. The number of imide groups is 1. The minimum atomic E-state index is -1.69. The number of amides is 3. The van der Waals surface area contributed by atoms with Crippen LogP contribution in [-0.4, -0.2) is 87.3 Å². The SMILES string of the molecule is C=CC(=O)NCN(C(=O)C=C)C(=O)C=COC[C@H](N)[C@@H](O)[C@H](O)[C@H](O)CO. The van der Waals surface area contributed by atoms with E-state index >= 15 is 0 Å². The van der Waals surface area contributed by atoms with E-state index in [4.69, 9.17) is 15.6 Å². The van der Waals surface area contributed by atoms with E-state index in [2.05, 4.69) is 18.5 Å². The van der Waals surface area contributed by atoms with Gasteiger partial charge in [0.05, 0.1) is 18.9 Å². The van der Waals surface area contributed by atoms with Gasteiger partial charge < -0.3 is 36.2 Å². The molecule has 0 bridgehead atoms. The van der Waals surface area contributed by atoms with E-state index in [1.807, 2.05) is 0 Å². The molecule has 27 heavy (non-hydrogen) atoms. The van der Waals surface area contributed by atoms with Crippen LogP contribution in [0, 0.1) is 0 Å². The summed E-state index contributed by atoms with van der Waals surface area (Å²) in [7, 11) is 0. The number of carbonyl (C=O) groups is 3. The topological polar surface area (TPSA) is 183 Å². The molecule has 0 saturated heterocycles. The van der Waals surface area contributed by atoms with E-state index in [0.717, 1.165) is 24.5 Å². The van der Waals surface area contributed by atoms with E-state index in [1.165, 1.54) is 0 Å². The summed E-state index contributed by atoms with van der Waals surface area (Å²) in [5.74, 6) is -2.18. The van der Waals surface area contributed by atoms with Gasteiger partial charge in [-0.1, -0.05) is 13.2 Å². The number of aliphatic hydroxyl groups is 4. The number of nitrogens with one attached hydrogen (secondary N) is 1. The standard InChI is InChI=1S/C16H25N3O8/c1-3-12(22)18-9-19(13(23)4-2)14(24)5-6-27-8-10(17)15(25)16(26)11(21)7-20/h3-6,10-11,15-16,20-21,25-26H,1-2,7-9,17H2,(H,18,22)/t10-,11+,15+,16+/m0/s1. The summed E-state index contributed by atoms with van der Waals surface area (Å²) in [5.41, 5.74) is 5.57. The van der Waals surface area contributed by atoms with Gasteiger partial charge in [0, 0.05) is 6.08 Å². The van der Waals surface area contributed by atoms with Crippen LogP contribution >= 0.6 is 0 Å². The summed E-state index contributed by atoms with van der Waals surface area (Å²) in [6.07, 6.45) is -1.23.